The summed E-state index contributed by atoms with van der Waals surface area (Å²) in [7, 11) is 0.00849. The maximum atomic E-state index is 5.21. The molecular formula is C4H11KOSi. The molecule has 0 saturated carbocycles. The van der Waals surface area contributed by atoms with Crippen molar-refractivity contribution in [3.63, 3.8) is 0 Å². The van der Waals surface area contributed by atoms with Gasteiger partial charge < -0.3 is 5.85 Å². The van der Waals surface area contributed by atoms with Crippen LogP contribution in [0.2, 0.25) is 6.04 Å². The molecule has 0 aromatic carbocycles. The molecule has 1 nitrogen and oxygen atoms in total. The quantitative estimate of drug-likeness (QED) is 0.338. The summed E-state index contributed by atoms with van der Waals surface area (Å²) in [6.07, 6.45) is 2.75. The first kappa shape index (κ1) is 8.81. The predicted octanol–water partition coefficient (Wildman–Crippen LogP) is -2.58. The van der Waals surface area contributed by atoms with Crippen molar-refractivity contribution < 1.29 is 57.2 Å². The van der Waals surface area contributed by atoms with Crippen LogP contribution in [-0.4, -0.2) is 16.4 Å². The van der Waals surface area contributed by atoms with Gasteiger partial charge in [0, 0.05) is 6.61 Å². The molecule has 1 rings (SSSR count). The van der Waals surface area contributed by atoms with Crippen molar-refractivity contribution >= 4 is 9.76 Å². The van der Waals surface area contributed by atoms with Gasteiger partial charge in [-0.1, -0.05) is 6.42 Å². The zero-order valence-corrected chi connectivity index (χ0v) is 9.48. The van der Waals surface area contributed by atoms with E-state index in [1.807, 2.05) is 0 Å². The van der Waals surface area contributed by atoms with E-state index in [0.717, 1.165) is 6.61 Å². The van der Waals surface area contributed by atoms with E-state index in [9.17, 15) is 0 Å². The van der Waals surface area contributed by atoms with Crippen molar-refractivity contribution in [1.29, 1.82) is 0 Å². The van der Waals surface area contributed by atoms with Gasteiger partial charge in [-0.15, -0.1) is 0 Å². The molecule has 0 spiro atoms. The Hall–Kier alpha value is 1.81. The van der Waals surface area contributed by atoms with E-state index in [1.165, 1.54) is 18.9 Å². The Kier molecular flexibility index (Phi) is 7.48. The fraction of sp³-hybridized carbons (Fsp3) is 1.00. The first-order valence-electron chi connectivity index (χ1n) is 2.58. The van der Waals surface area contributed by atoms with Crippen molar-refractivity contribution in [3.05, 3.63) is 0 Å². The van der Waals surface area contributed by atoms with Crippen molar-refractivity contribution in [2.75, 3.05) is 6.61 Å². The molecule has 0 atom stereocenters. The summed E-state index contributed by atoms with van der Waals surface area (Å²) >= 11 is 0. The Morgan fingerprint density at radius 3 is 2.43 bits per heavy atom. The van der Waals surface area contributed by atoms with E-state index in [-0.39, 0.29) is 62.6 Å². The molecule has 0 N–H and O–H groups in total. The van der Waals surface area contributed by atoms with E-state index in [1.54, 1.807) is 0 Å². The average molecular weight is 142 g/mol. The summed E-state index contributed by atoms with van der Waals surface area (Å²) in [6.45, 7) is 1.06. The summed E-state index contributed by atoms with van der Waals surface area (Å²) < 4.78 is 5.21. The number of rotatable bonds is 0. The number of hydrogen-bond acceptors (Lipinski definition) is 1. The normalized spacial score (nSPS) is 24.0. The molecule has 1 saturated heterocycles. The Bertz CT molecular complexity index is 31.5. The van der Waals surface area contributed by atoms with E-state index in [0.29, 0.717) is 0 Å². The maximum Gasteiger partial charge on any atom is 1.00 e. The van der Waals surface area contributed by atoms with Gasteiger partial charge in [0.15, 0.2) is 9.76 Å². The summed E-state index contributed by atoms with van der Waals surface area (Å²) in [5, 5.41) is 0. The molecule has 1 fully saturated rings. The topological polar surface area (TPSA) is 9.23 Å². The van der Waals surface area contributed by atoms with Gasteiger partial charge in [0.1, 0.15) is 0 Å². The Balaban J connectivity index is 0. The standard InChI is InChI=1S/C4H10OSi.K.H/c1-2-4-6-5-3-1;;/h1-4,6H2;;/q;+1;-1. The van der Waals surface area contributed by atoms with Crippen LogP contribution in [0.5, 0.6) is 0 Å². The third-order valence-electron chi connectivity index (χ3n) is 1.08. The smallest absolute Gasteiger partial charge is 1.00 e. The van der Waals surface area contributed by atoms with Gasteiger partial charge in [0.2, 0.25) is 0 Å². The third kappa shape index (κ3) is 4.33. The average Bonchev–Trinajstić information content (AvgIpc) is 1.72. The molecule has 0 aliphatic carbocycles. The molecule has 0 bridgehead atoms. The summed E-state index contributed by atoms with van der Waals surface area (Å²) in [5.74, 6) is 0. The second kappa shape index (κ2) is 5.94. The molecule has 38 valence electrons. The third-order valence-corrected chi connectivity index (χ3v) is 2.44. The number of hydrogen-bond donors (Lipinski definition) is 0. The first-order valence-corrected chi connectivity index (χ1v) is 4.15. The minimum Gasteiger partial charge on any atom is -1.00 e. The second-order valence-electron chi connectivity index (χ2n) is 1.67. The maximum absolute atomic E-state index is 5.21. The molecule has 0 unspecified atom stereocenters. The van der Waals surface area contributed by atoms with E-state index in [2.05, 4.69) is 0 Å². The van der Waals surface area contributed by atoms with Crippen LogP contribution in [0.15, 0.2) is 0 Å². The van der Waals surface area contributed by atoms with Crippen LogP contribution >= 0.6 is 0 Å². The van der Waals surface area contributed by atoms with E-state index in [4.69, 9.17) is 4.43 Å². The SMILES string of the molecule is C1CC[SiH2]OC1.[H-].[K+]. The van der Waals surface area contributed by atoms with Crippen LogP contribution in [0, 0.1) is 0 Å². The van der Waals surface area contributed by atoms with Crippen LogP contribution in [0.1, 0.15) is 14.3 Å². The van der Waals surface area contributed by atoms with Gasteiger partial charge in [0.05, 0.1) is 0 Å². The summed E-state index contributed by atoms with van der Waals surface area (Å²) in [5.41, 5.74) is 0. The van der Waals surface area contributed by atoms with Gasteiger partial charge >= 0.3 is 51.4 Å². The van der Waals surface area contributed by atoms with Gasteiger partial charge in [-0.05, 0) is 12.5 Å². The van der Waals surface area contributed by atoms with Crippen molar-refractivity contribution in [2.45, 2.75) is 18.9 Å². The molecular weight excluding hydrogens is 131 g/mol. The zero-order valence-electron chi connectivity index (χ0n) is 5.94. The van der Waals surface area contributed by atoms with Gasteiger partial charge in [0.25, 0.3) is 0 Å². The van der Waals surface area contributed by atoms with Crippen LogP contribution in [0.25, 0.3) is 0 Å². The second-order valence-corrected chi connectivity index (χ2v) is 3.20. The fourth-order valence-corrected chi connectivity index (χ4v) is 1.86. The Morgan fingerprint density at radius 1 is 1.43 bits per heavy atom. The van der Waals surface area contributed by atoms with Gasteiger partial charge in [-0.3, -0.25) is 0 Å². The largest absolute Gasteiger partial charge is 1.00 e. The summed E-state index contributed by atoms with van der Waals surface area (Å²) in [4.78, 5) is 0. The molecule has 7 heavy (non-hydrogen) atoms. The van der Waals surface area contributed by atoms with Crippen LogP contribution < -0.4 is 51.4 Å². The molecule has 1 heterocycles. The minimum atomic E-state index is 0. The van der Waals surface area contributed by atoms with Gasteiger partial charge in [-0.25, -0.2) is 0 Å². The zero-order chi connectivity index (χ0) is 4.24. The molecule has 1 aliphatic rings. The molecule has 1 aliphatic heterocycles. The molecule has 0 radical (unpaired) electrons. The van der Waals surface area contributed by atoms with Crippen molar-refractivity contribution in [1.82, 2.24) is 0 Å². The van der Waals surface area contributed by atoms with E-state index >= 15 is 0 Å². The van der Waals surface area contributed by atoms with Crippen molar-refractivity contribution in [2.24, 2.45) is 0 Å². The van der Waals surface area contributed by atoms with Crippen LogP contribution in [0.3, 0.4) is 0 Å². The van der Waals surface area contributed by atoms with Crippen LogP contribution in [0.4, 0.5) is 0 Å². The van der Waals surface area contributed by atoms with Crippen molar-refractivity contribution in [3.8, 4) is 0 Å². The molecule has 0 aromatic rings. The minimum absolute atomic E-state index is 0. The predicted molar refractivity (Wildman–Crippen MR) is 29.6 cm³/mol. The molecule has 3 heteroatoms. The molecule has 0 aromatic heterocycles. The monoisotopic (exact) mass is 142 g/mol. The Morgan fingerprint density at radius 2 is 2.29 bits per heavy atom. The van der Waals surface area contributed by atoms with Gasteiger partial charge in [-0.2, -0.15) is 0 Å². The first-order chi connectivity index (χ1) is 3.00. The summed E-state index contributed by atoms with van der Waals surface area (Å²) in [6, 6.07) is 1.42. The van der Waals surface area contributed by atoms with E-state index < -0.39 is 0 Å². The Labute approximate surface area is 91.0 Å². The molecule has 0 amide bonds. The van der Waals surface area contributed by atoms with Crippen LogP contribution in [-0.2, 0) is 4.43 Å². The fourth-order valence-electron chi connectivity index (χ4n) is 0.687.